The molecule has 1 N–H and O–H groups in total. The van der Waals surface area contributed by atoms with Crippen LogP contribution in [-0.4, -0.2) is 26.9 Å². The maximum absolute atomic E-state index is 6.45. The van der Waals surface area contributed by atoms with Gasteiger partial charge in [0, 0.05) is 35.4 Å². The van der Waals surface area contributed by atoms with Crippen LogP contribution >= 0.6 is 34.8 Å². The molecule has 0 radical (unpaired) electrons. The number of hydrogen-bond acceptors (Lipinski definition) is 4. The third-order valence-electron chi connectivity index (χ3n) is 4.29. The quantitative estimate of drug-likeness (QED) is 0.345. The third-order valence-corrected chi connectivity index (χ3v) is 5.16. The number of unbranched alkanes of at least 4 members (excludes halogenated alkanes) is 1. The van der Waals surface area contributed by atoms with Crippen molar-refractivity contribution in [3.05, 3.63) is 56.5 Å². The zero-order valence-electron chi connectivity index (χ0n) is 16.9. The largest absolute Gasteiger partial charge is 0.493 e. The number of methoxy groups -OCH3 is 1. The topological polar surface area (TPSA) is 39.7 Å². The summed E-state index contributed by atoms with van der Waals surface area (Å²) >= 11 is 18.6. The van der Waals surface area contributed by atoms with Crippen molar-refractivity contribution in [2.75, 3.05) is 26.9 Å². The standard InChI is InChI=1S/C22H28Cl3NO3/c1-3-4-9-28-10-5-8-26-14-16-11-20(25)22(21(12-16)27-2)29-15-17-6-7-18(23)13-19(17)24/h6-7,11-13,26H,3-5,8-10,14-15H2,1-2H3. The fourth-order valence-electron chi connectivity index (χ4n) is 2.68. The average Bonchev–Trinajstić information content (AvgIpc) is 2.70. The number of nitrogens with one attached hydrogen (secondary N) is 1. The van der Waals surface area contributed by atoms with Gasteiger partial charge in [0.15, 0.2) is 11.5 Å². The summed E-state index contributed by atoms with van der Waals surface area (Å²) in [6.45, 7) is 5.60. The average molecular weight is 461 g/mol. The highest BCUT2D eigenvalue weighted by Crippen LogP contribution is 2.37. The van der Waals surface area contributed by atoms with Gasteiger partial charge in [0.1, 0.15) is 6.61 Å². The molecule has 0 atom stereocenters. The van der Waals surface area contributed by atoms with Crippen molar-refractivity contribution in [2.24, 2.45) is 0 Å². The highest BCUT2D eigenvalue weighted by atomic mass is 35.5. The number of hydrogen-bond donors (Lipinski definition) is 1. The van der Waals surface area contributed by atoms with Crippen molar-refractivity contribution in [3.63, 3.8) is 0 Å². The molecule has 2 aromatic carbocycles. The second-order valence-corrected chi connectivity index (χ2v) is 7.88. The summed E-state index contributed by atoms with van der Waals surface area (Å²) in [4.78, 5) is 0. The molecule has 0 fully saturated rings. The summed E-state index contributed by atoms with van der Waals surface area (Å²) in [6, 6.07) is 9.09. The van der Waals surface area contributed by atoms with Gasteiger partial charge in [0.05, 0.1) is 12.1 Å². The third kappa shape index (κ3) is 8.23. The second-order valence-electron chi connectivity index (χ2n) is 6.63. The Morgan fingerprint density at radius 1 is 0.966 bits per heavy atom. The van der Waals surface area contributed by atoms with Gasteiger partial charge in [-0.05, 0) is 49.2 Å². The maximum atomic E-state index is 6.45. The van der Waals surface area contributed by atoms with Crippen molar-refractivity contribution < 1.29 is 14.2 Å². The lowest BCUT2D eigenvalue weighted by molar-refractivity contribution is 0.129. The summed E-state index contributed by atoms with van der Waals surface area (Å²) < 4.78 is 16.9. The Kier molecular flexibility index (Phi) is 11.0. The molecular formula is C22H28Cl3NO3. The molecule has 0 unspecified atom stereocenters. The molecule has 0 amide bonds. The van der Waals surface area contributed by atoms with E-state index < -0.39 is 0 Å². The fourth-order valence-corrected chi connectivity index (χ4v) is 3.44. The number of halogens is 3. The van der Waals surface area contributed by atoms with E-state index in [1.807, 2.05) is 18.2 Å². The van der Waals surface area contributed by atoms with Crippen LogP contribution in [0.4, 0.5) is 0 Å². The van der Waals surface area contributed by atoms with Crippen LogP contribution in [0.25, 0.3) is 0 Å². The molecule has 0 aliphatic rings. The van der Waals surface area contributed by atoms with Gasteiger partial charge in [-0.2, -0.15) is 0 Å². The lowest BCUT2D eigenvalue weighted by Crippen LogP contribution is -2.16. The van der Waals surface area contributed by atoms with Gasteiger partial charge >= 0.3 is 0 Å². The van der Waals surface area contributed by atoms with Crippen LogP contribution in [0.2, 0.25) is 15.1 Å². The Morgan fingerprint density at radius 2 is 1.76 bits per heavy atom. The minimum Gasteiger partial charge on any atom is -0.493 e. The first-order valence-corrected chi connectivity index (χ1v) is 10.9. The molecule has 160 valence electrons. The minimum absolute atomic E-state index is 0.266. The van der Waals surface area contributed by atoms with Crippen LogP contribution < -0.4 is 14.8 Å². The molecule has 4 nitrogen and oxygen atoms in total. The normalized spacial score (nSPS) is 10.9. The van der Waals surface area contributed by atoms with Crippen molar-refractivity contribution in [2.45, 2.75) is 39.3 Å². The number of ether oxygens (including phenoxy) is 3. The van der Waals surface area contributed by atoms with Gasteiger partial charge in [-0.1, -0.05) is 54.2 Å². The SMILES string of the molecule is CCCCOCCCNCc1cc(Cl)c(OCc2ccc(Cl)cc2Cl)c(OC)c1. The maximum Gasteiger partial charge on any atom is 0.180 e. The lowest BCUT2D eigenvalue weighted by atomic mass is 10.2. The molecule has 0 bridgehead atoms. The zero-order valence-corrected chi connectivity index (χ0v) is 19.2. The molecule has 0 saturated heterocycles. The monoisotopic (exact) mass is 459 g/mol. The summed E-state index contributed by atoms with van der Waals surface area (Å²) in [5, 5.41) is 5.02. The molecule has 0 heterocycles. The predicted octanol–water partition coefficient (Wildman–Crippen LogP) is 6.53. The van der Waals surface area contributed by atoms with Crippen LogP contribution in [0.15, 0.2) is 30.3 Å². The molecule has 2 rings (SSSR count). The van der Waals surface area contributed by atoms with E-state index in [0.717, 1.165) is 50.1 Å². The molecule has 0 saturated carbocycles. The lowest BCUT2D eigenvalue weighted by Gasteiger charge is -2.15. The summed E-state index contributed by atoms with van der Waals surface area (Å²) in [7, 11) is 1.60. The summed E-state index contributed by atoms with van der Waals surface area (Å²) in [6.07, 6.45) is 3.25. The van der Waals surface area contributed by atoms with Crippen LogP contribution in [0.1, 0.15) is 37.3 Å². The highest BCUT2D eigenvalue weighted by Gasteiger charge is 2.13. The van der Waals surface area contributed by atoms with E-state index in [-0.39, 0.29) is 6.61 Å². The molecule has 0 aliphatic carbocycles. The van der Waals surface area contributed by atoms with Crippen LogP contribution in [0, 0.1) is 0 Å². The first-order valence-electron chi connectivity index (χ1n) is 9.76. The molecule has 0 spiro atoms. The van der Waals surface area contributed by atoms with Gasteiger partial charge in [-0.15, -0.1) is 0 Å². The van der Waals surface area contributed by atoms with Crippen LogP contribution in [-0.2, 0) is 17.9 Å². The van der Waals surface area contributed by atoms with E-state index in [4.69, 9.17) is 49.0 Å². The number of rotatable bonds is 13. The van der Waals surface area contributed by atoms with E-state index in [1.165, 1.54) is 0 Å². The van der Waals surface area contributed by atoms with Crippen LogP contribution in [0.3, 0.4) is 0 Å². The van der Waals surface area contributed by atoms with Gasteiger partial charge in [0.2, 0.25) is 0 Å². The van der Waals surface area contributed by atoms with Gasteiger partial charge < -0.3 is 19.5 Å². The summed E-state index contributed by atoms with van der Waals surface area (Å²) in [5.41, 5.74) is 1.84. The van der Waals surface area contributed by atoms with Crippen LogP contribution in [0.5, 0.6) is 11.5 Å². The van der Waals surface area contributed by atoms with Gasteiger partial charge in [-0.3, -0.25) is 0 Å². The highest BCUT2D eigenvalue weighted by molar-refractivity contribution is 6.35. The molecule has 2 aromatic rings. The van der Waals surface area contributed by atoms with E-state index in [2.05, 4.69) is 12.2 Å². The first-order chi connectivity index (χ1) is 14.0. The Hall–Kier alpha value is -1.17. The molecule has 0 aromatic heterocycles. The van der Waals surface area contributed by atoms with E-state index in [0.29, 0.717) is 33.1 Å². The Labute approximate surface area is 188 Å². The Bertz CT molecular complexity index is 771. The van der Waals surface area contributed by atoms with Crippen molar-refractivity contribution >= 4 is 34.8 Å². The Balaban J connectivity index is 1.88. The minimum atomic E-state index is 0.266. The second kappa shape index (κ2) is 13.2. The van der Waals surface area contributed by atoms with Crippen molar-refractivity contribution in [1.82, 2.24) is 5.32 Å². The molecule has 29 heavy (non-hydrogen) atoms. The first kappa shape index (κ1) is 24.1. The molecule has 0 aliphatic heterocycles. The van der Waals surface area contributed by atoms with Gasteiger partial charge in [-0.25, -0.2) is 0 Å². The van der Waals surface area contributed by atoms with E-state index >= 15 is 0 Å². The predicted molar refractivity (Wildman–Crippen MR) is 121 cm³/mol. The van der Waals surface area contributed by atoms with Gasteiger partial charge in [0.25, 0.3) is 0 Å². The molecular weight excluding hydrogens is 433 g/mol. The number of benzene rings is 2. The van der Waals surface area contributed by atoms with Crippen molar-refractivity contribution in [3.8, 4) is 11.5 Å². The molecule has 7 heteroatoms. The van der Waals surface area contributed by atoms with Crippen molar-refractivity contribution in [1.29, 1.82) is 0 Å². The fraction of sp³-hybridized carbons (Fsp3) is 0.455. The van der Waals surface area contributed by atoms with E-state index in [9.17, 15) is 0 Å². The smallest absolute Gasteiger partial charge is 0.180 e. The summed E-state index contributed by atoms with van der Waals surface area (Å²) in [5.74, 6) is 1.08. The Morgan fingerprint density at radius 3 is 2.48 bits per heavy atom. The van der Waals surface area contributed by atoms with E-state index in [1.54, 1.807) is 19.2 Å². The zero-order chi connectivity index (χ0) is 21.1.